The minimum absolute atomic E-state index is 0.695. The Labute approximate surface area is 156 Å². The fourth-order valence-corrected chi connectivity index (χ4v) is 5.21. The van der Waals surface area contributed by atoms with E-state index < -0.39 is 0 Å². The van der Waals surface area contributed by atoms with E-state index in [9.17, 15) is 0 Å². The van der Waals surface area contributed by atoms with Crippen LogP contribution < -0.4 is 15.5 Å². The van der Waals surface area contributed by atoms with Crippen molar-refractivity contribution in [2.45, 2.75) is 39.2 Å². The van der Waals surface area contributed by atoms with Gasteiger partial charge in [-0.25, -0.2) is 0 Å². The molecule has 1 saturated heterocycles. The molecule has 0 spiro atoms. The molecule has 26 heavy (non-hydrogen) atoms. The molecule has 5 rings (SSSR count). The molecule has 0 radical (unpaired) electrons. The fraction of sp³-hybridized carbons (Fsp3) is 0.478. The van der Waals surface area contributed by atoms with Gasteiger partial charge in [0.05, 0.1) is 0 Å². The van der Waals surface area contributed by atoms with Gasteiger partial charge in [-0.3, -0.25) is 0 Å². The number of benzene rings is 2. The Morgan fingerprint density at radius 1 is 1.19 bits per heavy atom. The summed E-state index contributed by atoms with van der Waals surface area (Å²) in [6.07, 6.45) is 2.51. The molecule has 3 nitrogen and oxygen atoms in total. The smallest absolute Gasteiger partial charge is 0.0436 e. The molecular formula is C23H29N3. The second kappa shape index (κ2) is 6.31. The molecule has 2 aromatic carbocycles. The summed E-state index contributed by atoms with van der Waals surface area (Å²) in [5, 5.41) is 7.37. The standard InChI is InChI=1S/C23H29N3/c1-15-5-3-6-18(16(15)2)12-25-20-9-17-7-4-8-26-14-19-11-24-13-22(19)21(10-20)23(17)26/h3,5-6,9-10,19,22,24-25H,4,7-8,11-14H2,1-2H3. The van der Waals surface area contributed by atoms with Crippen molar-refractivity contribution in [1.29, 1.82) is 0 Å². The lowest BCUT2D eigenvalue weighted by Gasteiger charge is -2.42. The maximum absolute atomic E-state index is 3.73. The van der Waals surface area contributed by atoms with Crippen molar-refractivity contribution in [3.05, 3.63) is 58.1 Å². The van der Waals surface area contributed by atoms with Crippen molar-refractivity contribution in [3.63, 3.8) is 0 Å². The summed E-state index contributed by atoms with van der Waals surface area (Å²) in [5.74, 6) is 1.48. The van der Waals surface area contributed by atoms with Gasteiger partial charge in [0, 0.05) is 50.0 Å². The van der Waals surface area contributed by atoms with E-state index in [1.54, 1.807) is 16.8 Å². The zero-order chi connectivity index (χ0) is 17.7. The number of hydrogen-bond donors (Lipinski definition) is 2. The molecule has 2 aromatic rings. The first-order chi connectivity index (χ1) is 12.7. The normalized spacial score (nSPS) is 23.5. The maximum Gasteiger partial charge on any atom is 0.0436 e. The van der Waals surface area contributed by atoms with Gasteiger partial charge in [0.15, 0.2) is 0 Å². The van der Waals surface area contributed by atoms with Crippen LogP contribution in [0.25, 0.3) is 0 Å². The molecular weight excluding hydrogens is 318 g/mol. The van der Waals surface area contributed by atoms with Crippen molar-refractivity contribution in [2.75, 3.05) is 36.4 Å². The van der Waals surface area contributed by atoms with Crippen LogP contribution in [0.15, 0.2) is 30.3 Å². The summed E-state index contributed by atoms with van der Waals surface area (Å²) in [6, 6.07) is 11.5. The zero-order valence-corrected chi connectivity index (χ0v) is 15.9. The van der Waals surface area contributed by atoms with E-state index in [0.717, 1.165) is 19.0 Å². The largest absolute Gasteiger partial charge is 0.381 e. The van der Waals surface area contributed by atoms with Gasteiger partial charge < -0.3 is 15.5 Å². The first kappa shape index (κ1) is 16.2. The molecule has 136 valence electrons. The Morgan fingerprint density at radius 3 is 3.04 bits per heavy atom. The van der Waals surface area contributed by atoms with Crippen LogP contribution in [0, 0.1) is 19.8 Å². The second-order valence-electron chi connectivity index (χ2n) is 8.36. The van der Waals surface area contributed by atoms with Crippen LogP contribution in [0.4, 0.5) is 11.4 Å². The van der Waals surface area contributed by atoms with Gasteiger partial charge >= 0.3 is 0 Å². The summed E-state index contributed by atoms with van der Waals surface area (Å²) in [5.41, 5.74) is 10.2. The summed E-state index contributed by atoms with van der Waals surface area (Å²) in [4.78, 5) is 2.66. The predicted molar refractivity (Wildman–Crippen MR) is 109 cm³/mol. The van der Waals surface area contributed by atoms with Gasteiger partial charge in [0.1, 0.15) is 0 Å². The molecule has 2 unspecified atom stereocenters. The van der Waals surface area contributed by atoms with Crippen molar-refractivity contribution in [1.82, 2.24) is 5.32 Å². The topological polar surface area (TPSA) is 27.3 Å². The molecule has 3 aliphatic rings. The third kappa shape index (κ3) is 2.61. The third-order valence-electron chi connectivity index (χ3n) is 6.80. The van der Waals surface area contributed by atoms with Crippen LogP contribution >= 0.6 is 0 Å². The van der Waals surface area contributed by atoms with Gasteiger partial charge in [-0.2, -0.15) is 0 Å². The highest BCUT2D eigenvalue weighted by molar-refractivity contribution is 5.70. The first-order valence-corrected chi connectivity index (χ1v) is 10.1. The molecule has 2 atom stereocenters. The number of nitrogens with zero attached hydrogens (tertiary/aromatic N) is 1. The van der Waals surface area contributed by atoms with E-state index in [1.165, 1.54) is 54.9 Å². The van der Waals surface area contributed by atoms with Gasteiger partial charge in [0.25, 0.3) is 0 Å². The Balaban J connectivity index is 1.47. The number of aryl methyl sites for hydroxylation is 2. The zero-order valence-electron chi connectivity index (χ0n) is 15.9. The molecule has 0 bridgehead atoms. The van der Waals surface area contributed by atoms with Crippen LogP contribution in [0.1, 0.15) is 40.2 Å². The number of hydrogen-bond acceptors (Lipinski definition) is 3. The Bertz CT molecular complexity index is 842. The minimum Gasteiger partial charge on any atom is -0.381 e. The minimum atomic E-state index is 0.695. The number of nitrogens with one attached hydrogen (secondary N) is 2. The molecule has 2 N–H and O–H groups in total. The van der Waals surface area contributed by atoms with Crippen LogP contribution in [0.5, 0.6) is 0 Å². The van der Waals surface area contributed by atoms with Crippen LogP contribution in [0.2, 0.25) is 0 Å². The summed E-state index contributed by atoms with van der Waals surface area (Å²) in [7, 11) is 0. The van der Waals surface area contributed by atoms with E-state index in [0.29, 0.717) is 5.92 Å². The van der Waals surface area contributed by atoms with E-state index in [4.69, 9.17) is 0 Å². The van der Waals surface area contributed by atoms with Gasteiger partial charge in [-0.05, 0) is 72.6 Å². The monoisotopic (exact) mass is 347 g/mol. The van der Waals surface area contributed by atoms with Crippen LogP contribution in [-0.2, 0) is 13.0 Å². The van der Waals surface area contributed by atoms with Crippen molar-refractivity contribution < 1.29 is 0 Å². The van der Waals surface area contributed by atoms with Crippen molar-refractivity contribution in [3.8, 4) is 0 Å². The SMILES string of the molecule is Cc1cccc(CNc2cc3c4c(c2)C2CNCC2CN4CCC3)c1C. The van der Waals surface area contributed by atoms with Gasteiger partial charge in [-0.1, -0.05) is 18.2 Å². The lowest BCUT2D eigenvalue weighted by Crippen LogP contribution is -2.41. The van der Waals surface area contributed by atoms with Gasteiger partial charge in [0.2, 0.25) is 0 Å². The third-order valence-corrected chi connectivity index (χ3v) is 6.80. The quantitative estimate of drug-likeness (QED) is 0.879. The van der Waals surface area contributed by atoms with E-state index >= 15 is 0 Å². The molecule has 3 heteroatoms. The second-order valence-corrected chi connectivity index (χ2v) is 8.36. The van der Waals surface area contributed by atoms with E-state index in [-0.39, 0.29) is 0 Å². The van der Waals surface area contributed by atoms with Crippen molar-refractivity contribution in [2.24, 2.45) is 5.92 Å². The number of anilines is 2. The molecule has 3 aliphatic heterocycles. The van der Waals surface area contributed by atoms with Crippen LogP contribution in [-0.4, -0.2) is 26.2 Å². The van der Waals surface area contributed by atoms with Crippen LogP contribution in [0.3, 0.4) is 0 Å². The molecule has 0 saturated carbocycles. The highest BCUT2D eigenvalue weighted by Crippen LogP contribution is 2.45. The molecule has 0 aliphatic carbocycles. The number of fused-ring (bicyclic) bond motifs is 2. The summed E-state index contributed by atoms with van der Waals surface area (Å²) < 4.78 is 0. The first-order valence-electron chi connectivity index (χ1n) is 10.1. The Hall–Kier alpha value is -2.00. The Morgan fingerprint density at radius 2 is 2.12 bits per heavy atom. The highest BCUT2D eigenvalue weighted by Gasteiger charge is 2.38. The average molecular weight is 348 g/mol. The molecule has 3 heterocycles. The molecule has 0 aromatic heterocycles. The average Bonchev–Trinajstić information content (AvgIpc) is 3.12. The van der Waals surface area contributed by atoms with E-state index in [2.05, 4.69) is 59.7 Å². The lowest BCUT2D eigenvalue weighted by molar-refractivity contribution is 0.470. The molecule has 0 amide bonds. The summed E-state index contributed by atoms with van der Waals surface area (Å²) >= 11 is 0. The van der Waals surface area contributed by atoms with E-state index in [1.807, 2.05) is 0 Å². The maximum atomic E-state index is 3.73. The summed E-state index contributed by atoms with van der Waals surface area (Å²) in [6.45, 7) is 10.1. The predicted octanol–water partition coefficient (Wildman–Crippen LogP) is 3.98. The lowest BCUT2D eigenvalue weighted by atomic mass is 9.80. The number of rotatable bonds is 3. The Kier molecular flexibility index (Phi) is 3.93. The van der Waals surface area contributed by atoms with Crippen molar-refractivity contribution >= 4 is 11.4 Å². The fourth-order valence-electron chi connectivity index (χ4n) is 5.21. The van der Waals surface area contributed by atoms with Gasteiger partial charge in [-0.15, -0.1) is 0 Å². The highest BCUT2D eigenvalue weighted by atomic mass is 15.2. The molecule has 1 fully saturated rings.